The van der Waals surface area contributed by atoms with Crippen molar-refractivity contribution >= 4 is 25.6 Å². The van der Waals surface area contributed by atoms with Crippen molar-refractivity contribution in [2.75, 3.05) is 6.16 Å². The third kappa shape index (κ3) is 7.26. The Morgan fingerprint density at radius 2 is 1.82 bits per heavy atom. The van der Waals surface area contributed by atoms with E-state index in [1.165, 1.54) is 0 Å². The van der Waals surface area contributed by atoms with Crippen LogP contribution in [-0.2, 0) is 16.1 Å². The van der Waals surface area contributed by atoms with Gasteiger partial charge in [0.25, 0.3) is 0 Å². The number of hydrogen-bond donors (Lipinski definition) is 4. The monoisotopic (exact) mass is 328 g/mol. The average Bonchev–Trinajstić information content (AvgIpc) is 2.44. The molecule has 1 rings (SSSR count). The molecule has 7 nitrogen and oxygen atoms in total. The first kappa shape index (κ1) is 18.2. The minimum absolute atomic E-state index is 0.153. The smallest absolute Gasteiger partial charge is 0.311 e. The number of carboxylic acids is 2. The lowest BCUT2D eigenvalue weighted by Gasteiger charge is -2.13. The third-order valence-electron chi connectivity index (χ3n) is 2.93. The molecule has 120 valence electrons. The molecule has 0 aromatic heterocycles. The maximum atomic E-state index is 11.0. The molecule has 4 N–H and O–H groups in total. The van der Waals surface area contributed by atoms with Crippen LogP contribution in [0.15, 0.2) is 35.3 Å². The molecule has 0 amide bonds. The molecule has 1 unspecified atom stereocenters. The second kappa shape index (κ2) is 8.58. The maximum Gasteiger partial charge on any atom is 0.311 e. The number of carboxylic acid groups (broad SMARTS) is 2. The molecule has 0 heterocycles. The van der Waals surface area contributed by atoms with Gasteiger partial charge in [-0.25, -0.2) is 14.8 Å². The lowest BCUT2D eigenvalue weighted by atomic mass is 10.1. The fourth-order valence-electron chi connectivity index (χ4n) is 1.82. The first-order valence-corrected chi connectivity index (χ1v) is 8.58. The molecule has 0 radical (unpaired) electrons. The average molecular weight is 328 g/mol. The molecule has 22 heavy (non-hydrogen) atoms. The summed E-state index contributed by atoms with van der Waals surface area (Å²) >= 11 is 0. The summed E-state index contributed by atoms with van der Waals surface area (Å²) < 4.78 is 0. The van der Waals surface area contributed by atoms with Gasteiger partial charge in [0.2, 0.25) is 5.96 Å². The molecule has 0 spiro atoms. The number of benzene rings is 1. The zero-order valence-electron chi connectivity index (χ0n) is 11.9. The number of hydrogen-bond acceptors (Lipinski definition) is 5. The van der Waals surface area contributed by atoms with Crippen LogP contribution in [0.1, 0.15) is 18.4 Å². The van der Waals surface area contributed by atoms with Crippen LogP contribution in [0.4, 0.5) is 0 Å². The Morgan fingerprint density at radius 3 is 2.36 bits per heavy atom. The van der Waals surface area contributed by atoms with Gasteiger partial charge in [-0.3, -0.25) is 9.59 Å². The van der Waals surface area contributed by atoms with Crippen molar-refractivity contribution in [1.82, 2.24) is 0 Å². The second-order valence-electron chi connectivity index (χ2n) is 4.88. The quantitative estimate of drug-likeness (QED) is 0.403. The predicted molar refractivity (Wildman–Crippen MR) is 82.9 cm³/mol. The molecule has 0 aliphatic carbocycles. The summed E-state index contributed by atoms with van der Waals surface area (Å²) in [4.78, 5) is 45.2. The van der Waals surface area contributed by atoms with Gasteiger partial charge in [-0.2, -0.15) is 0 Å². The molecular formula is C14H19NO6P+. The van der Waals surface area contributed by atoms with Gasteiger partial charge in [-0.05, 0) is 12.0 Å². The van der Waals surface area contributed by atoms with E-state index < -0.39 is 31.7 Å². The van der Waals surface area contributed by atoms with E-state index in [1.54, 1.807) is 0 Å². The number of nitrogens with zero attached hydrogens (tertiary/aromatic N) is 1. The summed E-state index contributed by atoms with van der Waals surface area (Å²) in [6.45, 7) is 0.260. The van der Waals surface area contributed by atoms with E-state index in [9.17, 15) is 19.4 Å². The van der Waals surface area contributed by atoms with E-state index in [2.05, 4.69) is 4.99 Å². The van der Waals surface area contributed by atoms with Crippen molar-refractivity contribution in [3.8, 4) is 0 Å². The summed E-state index contributed by atoms with van der Waals surface area (Å²) in [5.74, 6) is -2.49. The van der Waals surface area contributed by atoms with Gasteiger partial charge >= 0.3 is 19.7 Å². The highest BCUT2D eigenvalue weighted by atomic mass is 31.2. The van der Waals surface area contributed by atoms with Gasteiger partial charge in [0.15, 0.2) is 0 Å². The molecular weight excluding hydrogens is 309 g/mol. The van der Waals surface area contributed by atoms with E-state index in [0.29, 0.717) is 0 Å². The van der Waals surface area contributed by atoms with Crippen molar-refractivity contribution in [2.24, 2.45) is 10.9 Å². The van der Waals surface area contributed by atoms with E-state index in [-0.39, 0.29) is 19.4 Å². The first-order valence-electron chi connectivity index (χ1n) is 6.63. The summed E-state index contributed by atoms with van der Waals surface area (Å²) in [5.41, 5.74) is 0.888. The molecule has 0 aliphatic heterocycles. The largest absolute Gasteiger partial charge is 0.481 e. The van der Waals surface area contributed by atoms with Crippen LogP contribution in [0.2, 0.25) is 0 Å². The van der Waals surface area contributed by atoms with Gasteiger partial charge in [0, 0.05) is 6.42 Å². The van der Waals surface area contributed by atoms with Gasteiger partial charge in [0.1, 0.15) is 6.16 Å². The topological polar surface area (TPSA) is 127 Å². The molecule has 0 saturated carbocycles. The summed E-state index contributed by atoms with van der Waals surface area (Å²) in [7, 11) is -3.61. The third-order valence-corrected chi connectivity index (χ3v) is 4.44. The van der Waals surface area contributed by atoms with Gasteiger partial charge in [-0.1, -0.05) is 30.3 Å². The molecule has 1 aromatic carbocycles. The summed E-state index contributed by atoms with van der Waals surface area (Å²) in [5, 5.41) is 17.6. The molecule has 8 heteroatoms. The van der Waals surface area contributed by atoms with E-state index in [1.807, 2.05) is 30.3 Å². The van der Waals surface area contributed by atoms with E-state index in [4.69, 9.17) is 10.2 Å². The highest BCUT2D eigenvalue weighted by Gasteiger charge is 2.38. The zero-order valence-corrected chi connectivity index (χ0v) is 12.8. The van der Waals surface area contributed by atoms with E-state index in [0.717, 1.165) is 11.5 Å². The van der Waals surface area contributed by atoms with Crippen LogP contribution in [0.5, 0.6) is 0 Å². The molecule has 1 atom stereocenters. The minimum Gasteiger partial charge on any atom is -0.481 e. The van der Waals surface area contributed by atoms with Crippen molar-refractivity contribution in [1.29, 1.82) is 0 Å². The van der Waals surface area contributed by atoms with Crippen LogP contribution in [-0.4, -0.2) is 44.1 Å². The minimum atomic E-state index is -3.61. The Morgan fingerprint density at radius 1 is 1.18 bits per heavy atom. The van der Waals surface area contributed by atoms with Crippen molar-refractivity contribution in [3.05, 3.63) is 35.9 Å². The normalized spacial score (nSPS) is 13.2. The summed E-state index contributed by atoms with van der Waals surface area (Å²) in [6.07, 6.45) is -0.897. The second-order valence-corrected chi connectivity index (χ2v) is 7.05. The summed E-state index contributed by atoms with van der Waals surface area (Å²) in [6, 6.07) is 9.18. The first-order chi connectivity index (χ1) is 10.3. The highest BCUT2D eigenvalue weighted by molar-refractivity contribution is 7.79. The van der Waals surface area contributed by atoms with Gasteiger partial charge in [0.05, 0.1) is 12.5 Å². The number of rotatable bonds is 9. The Bertz CT molecular complexity index is 531. The number of carbonyl (C=O) groups is 2. The van der Waals surface area contributed by atoms with E-state index >= 15 is 0 Å². The number of aliphatic imine (C=N–C) groups is 1. The Labute approximate surface area is 128 Å². The molecule has 0 saturated heterocycles. The maximum absolute atomic E-state index is 11.0. The number of aliphatic carboxylic acids is 2. The fourth-order valence-corrected chi connectivity index (χ4v) is 3.25. The van der Waals surface area contributed by atoms with Crippen LogP contribution in [0.3, 0.4) is 0 Å². The van der Waals surface area contributed by atoms with Crippen LogP contribution >= 0.6 is 7.72 Å². The lowest BCUT2D eigenvalue weighted by Crippen LogP contribution is -2.21. The lowest BCUT2D eigenvalue weighted by molar-refractivity contribution is -0.142. The molecule has 0 aliphatic rings. The van der Waals surface area contributed by atoms with Crippen LogP contribution < -0.4 is 0 Å². The highest BCUT2D eigenvalue weighted by Crippen LogP contribution is 2.49. The molecule has 0 fully saturated rings. The Balaban J connectivity index is 2.59. The van der Waals surface area contributed by atoms with Gasteiger partial charge < -0.3 is 10.2 Å². The Kier molecular flexibility index (Phi) is 7.11. The SMILES string of the molecule is O=C(O)CCC(C[P+](O)(O)C=NCc1ccccc1)C(=O)O. The van der Waals surface area contributed by atoms with Crippen molar-refractivity contribution < 1.29 is 29.6 Å². The molecule has 0 bridgehead atoms. The van der Waals surface area contributed by atoms with Crippen LogP contribution in [0, 0.1) is 5.92 Å². The fraction of sp³-hybridized carbons (Fsp3) is 0.357. The standard InChI is InChI=1S/C14H18NO6P/c16-13(17)7-6-12(14(18)19)9-22(20,21)10-15-8-11-4-2-1-3-5-11/h1-5,10,12,20-21H,6-9H2,(H-,16,17,18,19)/p+1. The molecule has 1 aromatic rings. The Hall–Kier alpha value is -1.82. The predicted octanol–water partition coefficient (Wildman–Crippen LogP) is 1.61. The zero-order chi connectivity index (χ0) is 16.6. The van der Waals surface area contributed by atoms with Crippen molar-refractivity contribution in [2.45, 2.75) is 19.4 Å². The van der Waals surface area contributed by atoms with Crippen LogP contribution in [0.25, 0.3) is 0 Å². The van der Waals surface area contributed by atoms with Gasteiger partial charge in [-0.15, -0.1) is 0 Å². The van der Waals surface area contributed by atoms with Crippen molar-refractivity contribution in [3.63, 3.8) is 0 Å².